The van der Waals surface area contributed by atoms with E-state index in [1.165, 1.54) is 6.42 Å². The Labute approximate surface area is 67.4 Å². The molecule has 0 amide bonds. The summed E-state index contributed by atoms with van der Waals surface area (Å²) in [7, 11) is -3.23. The van der Waals surface area contributed by atoms with Crippen molar-refractivity contribution < 1.29 is 9.79 Å². The molecule has 0 spiro atoms. The molecule has 1 aliphatic carbocycles. The molecule has 0 aromatic heterocycles. The third-order valence-electron chi connectivity index (χ3n) is 1.98. The van der Waals surface area contributed by atoms with E-state index in [0.29, 0.717) is 0 Å². The molecule has 5 N–H and O–H groups in total. The summed E-state index contributed by atoms with van der Waals surface area (Å²) < 4.78 is 0. The molecular weight excluding hydrogens is 163 g/mol. The van der Waals surface area contributed by atoms with E-state index in [9.17, 15) is 0 Å². The summed E-state index contributed by atoms with van der Waals surface area (Å²) in [6.45, 7) is 0. The Hall–Kier alpha value is 0.270. The maximum atomic E-state index is 8.90. The Bertz CT molecular complexity index is 120. The zero-order valence-electron chi connectivity index (χ0n) is 6.53. The lowest BCUT2D eigenvalue weighted by Crippen LogP contribution is -2.33. The van der Waals surface area contributed by atoms with Crippen molar-refractivity contribution in [1.29, 1.82) is 0 Å². The van der Waals surface area contributed by atoms with E-state index in [4.69, 9.17) is 15.3 Å². The van der Waals surface area contributed by atoms with Crippen molar-refractivity contribution in [2.45, 2.75) is 38.1 Å². The van der Waals surface area contributed by atoms with Gasteiger partial charge < -0.3 is 0 Å². The SMILES string of the molecule is N[P+](O)(O)NC1CCCCC1. The van der Waals surface area contributed by atoms with E-state index in [0.717, 1.165) is 25.7 Å². The lowest BCUT2D eigenvalue weighted by molar-refractivity contribution is 0.368. The molecule has 0 aromatic rings. The maximum absolute atomic E-state index is 8.90. The number of nitrogens with two attached hydrogens (primary N) is 1. The third kappa shape index (κ3) is 3.99. The van der Waals surface area contributed by atoms with Crippen LogP contribution in [0.5, 0.6) is 0 Å². The minimum Gasteiger partial charge on any atom is -0.187 e. The van der Waals surface area contributed by atoms with Gasteiger partial charge in [0.1, 0.15) is 0 Å². The van der Waals surface area contributed by atoms with Crippen LogP contribution in [0.2, 0.25) is 0 Å². The highest BCUT2D eigenvalue weighted by molar-refractivity contribution is 7.60. The molecule has 0 heterocycles. The van der Waals surface area contributed by atoms with Crippen molar-refractivity contribution in [2.24, 2.45) is 5.50 Å². The summed E-state index contributed by atoms with van der Waals surface area (Å²) in [6.07, 6.45) is 5.61. The first-order chi connectivity index (χ1) is 5.08. The van der Waals surface area contributed by atoms with E-state index < -0.39 is 8.02 Å². The summed E-state index contributed by atoms with van der Waals surface area (Å²) in [6, 6.07) is 0.220. The highest BCUT2D eigenvalue weighted by atomic mass is 31.2. The summed E-state index contributed by atoms with van der Waals surface area (Å²) >= 11 is 0. The fourth-order valence-electron chi connectivity index (χ4n) is 1.50. The number of hydrogen-bond acceptors (Lipinski definition) is 4. The van der Waals surface area contributed by atoms with Gasteiger partial charge in [-0.25, -0.2) is 0 Å². The second-order valence-corrected chi connectivity index (χ2v) is 4.67. The first-order valence-electron chi connectivity index (χ1n) is 3.99. The van der Waals surface area contributed by atoms with Crippen molar-refractivity contribution in [1.82, 2.24) is 5.09 Å². The predicted octanol–water partition coefficient (Wildman–Crippen LogP) is 0.530. The molecule has 11 heavy (non-hydrogen) atoms. The standard InChI is InChI=1S/C6H16N2O2P/c7-11(9,10)8-6-4-2-1-3-5-6/h6,8-10H,1-5,7H2/q+1. The second kappa shape index (κ2) is 3.78. The van der Waals surface area contributed by atoms with Crippen LogP contribution in [0.15, 0.2) is 0 Å². The Morgan fingerprint density at radius 2 is 1.73 bits per heavy atom. The first-order valence-corrected chi connectivity index (χ1v) is 5.75. The van der Waals surface area contributed by atoms with Crippen LogP contribution in [0, 0.1) is 0 Å². The van der Waals surface area contributed by atoms with E-state index in [-0.39, 0.29) is 6.04 Å². The van der Waals surface area contributed by atoms with Crippen molar-refractivity contribution in [3.05, 3.63) is 0 Å². The van der Waals surface area contributed by atoms with Crippen molar-refractivity contribution in [2.75, 3.05) is 0 Å². The summed E-state index contributed by atoms with van der Waals surface area (Å²) in [5.74, 6) is 0. The van der Waals surface area contributed by atoms with Gasteiger partial charge in [-0.3, -0.25) is 0 Å². The van der Waals surface area contributed by atoms with Crippen LogP contribution in [-0.2, 0) is 0 Å². The van der Waals surface area contributed by atoms with Gasteiger partial charge in [-0.1, -0.05) is 19.3 Å². The average Bonchev–Trinajstić information content (AvgIpc) is 1.85. The van der Waals surface area contributed by atoms with E-state index in [2.05, 4.69) is 5.09 Å². The van der Waals surface area contributed by atoms with Crippen LogP contribution in [0.4, 0.5) is 0 Å². The Morgan fingerprint density at radius 3 is 2.18 bits per heavy atom. The number of nitrogens with one attached hydrogen (secondary N) is 1. The second-order valence-electron chi connectivity index (χ2n) is 3.11. The molecule has 0 saturated heterocycles. The van der Waals surface area contributed by atoms with Crippen molar-refractivity contribution in [3.8, 4) is 0 Å². The van der Waals surface area contributed by atoms with Gasteiger partial charge in [-0.05, 0) is 12.8 Å². The fourth-order valence-corrected chi connectivity index (χ4v) is 2.30. The Balaban J connectivity index is 2.24. The predicted molar refractivity (Wildman–Crippen MR) is 45.6 cm³/mol. The van der Waals surface area contributed by atoms with Crippen molar-refractivity contribution >= 4 is 8.02 Å². The van der Waals surface area contributed by atoms with Gasteiger partial charge in [0.15, 0.2) is 0 Å². The van der Waals surface area contributed by atoms with E-state index >= 15 is 0 Å². The van der Waals surface area contributed by atoms with Crippen LogP contribution >= 0.6 is 8.02 Å². The van der Waals surface area contributed by atoms with Gasteiger partial charge in [-0.2, -0.15) is 9.79 Å². The Kier molecular flexibility index (Phi) is 3.22. The molecule has 1 saturated carbocycles. The van der Waals surface area contributed by atoms with Gasteiger partial charge >= 0.3 is 8.02 Å². The zero-order chi connectivity index (χ0) is 8.32. The van der Waals surface area contributed by atoms with Crippen LogP contribution in [0.1, 0.15) is 32.1 Å². The minimum atomic E-state index is -3.23. The number of rotatable bonds is 2. The zero-order valence-corrected chi connectivity index (χ0v) is 7.43. The van der Waals surface area contributed by atoms with E-state index in [1.807, 2.05) is 0 Å². The maximum Gasteiger partial charge on any atom is 0.423 e. The quantitative estimate of drug-likeness (QED) is 0.466. The van der Waals surface area contributed by atoms with Crippen LogP contribution in [0.3, 0.4) is 0 Å². The molecule has 0 radical (unpaired) electrons. The van der Waals surface area contributed by atoms with Crippen molar-refractivity contribution in [3.63, 3.8) is 0 Å². The summed E-state index contributed by atoms with van der Waals surface area (Å²) in [4.78, 5) is 17.8. The lowest BCUT2D eigenvalue weighted by Gasteiger charge is -2.21. The molecule has 0 aromatic carbocycles. The molecular formula is C6H16N2O2P+. The smallest absolute Gasteiger partial charge is 0.187 e. The monoisotopic (exact) mass is 179 g/mol. The van der Waals surface area contributed by atoms with Crippen LogP contribution < -0.4 is 10.6 Å². The molecule has 0 aliphatic heterocycles. The average molecular weight is 179 g/mol. The molecule has 1 fully saturated rings. The molecule has 4 nitrogen and oxygen atoms in total. The number of hydrogen-bond donors (Lipinski definition) is 4. The van der Waals surface area contributed by atoms with Gasteiger partial charge in [0.2, 0.25) is 0 Å². The molecule has 1 aliphatic rings. The van der Waals surface area contributed by atoms with Gasteiger partial charge in [0.05, 0.1) is 0 Å². The highest BCUT2D eigenvalue weighted by Gasteiger charge is 2.31. The summed E-state index contributed by atoms with van der Waals surface area (Å²) in [5, 5.41) is 2.66. The summed E-state index contributed by atoms with van der Waals surface area (Å²) in [5.41, 5.74) is 5.08. The van der Waals surface area contributed by atoms with Crippen LogP contribution in [0.25, 0.3) is 0 Å². The lowest BCUT2D eigenvalue weighted by atomic mass is 9.96. The highest BCUT2D eigenvalue weighted by Crippen LogP contribution is 2.37. The molecule has 0 unspecified atom stereocenters. The normalized spacial score (nSPS) is 22.1. The molecule has 0 bridgehead atoms. The topological polar surface area (TPSA) is 78.5 Å². The minimum absolute atomic E-state index is 0.220. The van der Waals surface area contributed by atoms with Gasteiger partial charge in [0.25, 0.3) is 0 Å². The first kappa shape index (κ1) is 9.36. The Morgan fingerprint density at radius 1 is 1.18 bits per heavy atom. The van der Waals surface area contributed by atoms with Gasteiger partial charge in [-0.15, -0.1) is 10.6 Å². The molecule has 66 valence electrons. The van der Waals surface area contributed by atoms with E-state index in [1.54, 1.807) is 0 Å². The fraction of sp³-hybridized carbons (Fsp3) is 1.00. The van der Waals surface area contributed by atoms with Crippen LogP contribution in [-0.4, -0.2) is 15.8 Å². The molecule has 5 heteroatoms. The largest absolute Gasteiger partial charge is 0.423 e. The molecule has 1 rings (SSSR count). The van der Waals surface area contributed by atoms with Gasteiger partial charge in [0, 0.05) is 6.04 Å². The third-order valence-corrected chi connectivity index (χ3v) is 2.72. The molecule has 0 atom stereocenters.